The lowest BCUT2D eigenvalue weighted by atomic mass is 9.89. The van der Waals surface area contributed by atoms with Gasteiger partial charge in [-0.15, -0.1) is 12.4 Å². The molecule has 6 nitrogen and oxygen atoms in total. The maximum absolute atomic E-state index is 13.9. The predicted molar refractivity (Wildman–Crippen MR) is 126 cm³/mol. The number of carbonyl (C=O) groups excluding carboxylic acids is 2. The van der Waals surface area contributed by atoms with Crippen LogP contribution in [0, 0.1) is 5.92 Å². The van der Waals surface area contributed by atoms with E-state index in [1.54, 1.807) is 6.07 Å². The molecule has 1 saturated heterocycles. The highest BCUT2D eigenvalue weighted by atomic mass is 35.5. The Morgan fingerprint density at radius 1 is 1.21 bits per heavy atom. The van der Waals surface area contributed by atoms with Gasteiger partial charge < -0.3 is 16.0 Å². The quantitative estimate of drug-likeness (QED) is 0.502. The van der Waals surface area contributed by atoms with Crippen LogP contribution in [0.5, 0.6) is 0 Å². The van der Waals surface area contributed by atoms with E-state index in [1.807, 2.05) is 37.3 Å². The molecular formula is C24H31ClF2N4O2. The molecule has 0 saturated carbocycles. The van der Waals surface area contributed by atoms with Gasteiger partial charge in [-0.25, -0.2) is 13.8 Å². The van der Waals surface area contributed by atoms with Crippen LogP contribution in [0.3, 0.4) is 0 Å². The fraction of sp³-hybridized carbons (Fsp3) is 0.458. The molecule has 3 rings (SSSR count). The average molecular weight is 481 g/mol. The molecule has 0 bridgehead atoms. The first-order valence-corrected chi connectivity index (χ1v) is 11.0. The third-order valence-electron chi connectivity index (χ3n) is 5.95. The summed E-state index contributed by atoms with van der Waals surface area (Å²) < 4.78 is 27.9. The summed E-state index contributed by atoms with van der Waals surface area (Å²) in [6.07, 6.45) is 1.25. The van der Waals surface area contributed by atoms with Gasteiger partial charge in [0.05, 0.1) is 6.54 Å². The number of piperidine rings is 1. The van der Waals surface area contributed by atoms with Crippen LogP contribution in [0.25, 0.3) is 0 Å². The number of alkyl halides is 2. The zero-order chi connectivity index (χ0) is 23.1. The Morgan fingerprint density at radius 3 is 2.61 bits per heavy atom. The molecule has 33 heavy (non-hydrogen) atoms. The summed E-state index contributed by atoms with van der Waals surface area (Å²) in [5, 5.41) is 8.06. The molecule has 2 atom stereocenters. The standard InChI is InChI=1S/C24H30F2N4O2.ClH/c1-16(17-7-4-3-5-8-17)20-13-18(14-21(30-20)23(32)27-2)22(31)29-11-6-9-19-10-12-28-15-24(19,25)26;/h3-5,7-8,13-14,16,19,28H,6,9-12,15H2,1-2H3,(H,27,32)(H,29,31);1H/t16-,19-;/m0./s1. The molecular weight excluding hydrogens is 450 g/mol. The molecule has 0 radical (unpaired) electrons. The monoisotopic (exact) mass is 480 g/mol. The third-order valence-corrected chi connectivity index (χ3v) is 5.95. The maximum Gasteiger partial charge on any atom is 0.269 e. The fourth-order valence-electron chi connectivity index (χ4n) is 3.96. The van der Waals surface area contributed by atoms with E-state index in [-0.39, 0.29) is 42.4 Å². The van der Waals surface area contributed by atoms with Crippen molar-refractivity contribution < 1.29 is 18.4 Å². The molecule has 0 spiro atoms. The molecule has 0 unspecified atom stereocenters. The van der Waals surface area contributed by atoms with Gasteiger partial charge in [0.15, 0.2) is 0 Å². The number of rotatable bonds is 8. The molecule has 9 heteroatoms. The minimum absolute atomic E-state index is 0. The zero-order valence-electron chi connectivity index (χ0n) is 18.9. The van der Waals surface area contributed by atoms with Crippen molar-refractivity contribution in [1.29, 1.82) is 0 Å². The van der Waals surface area contributed by atoms with Gasteiger partial charge in [0.25, 0.3) is 17.7 Å². The van der Waals surface area contributed by atoms with Crippen LogP contribution < -0.4 is 16.0 Å². The van der Waals surface area contributed by atoms with E-state index in [0.29, 0.717) is 43.6 Å². The first-order chi connectivity index (χ1) is 15.3. The molecule has 1 aromatic heterocycles. The molecule has 0 aliphatic carbocycles. The minimum atomic E-state index is -2.71. The Hall–Kier alpha value is -2.58. The molecule has 2 heterocycles. The third kappa shape index (κ3) is 6.95. The highest BCUT2D eigenvalue weighted by Gasteiger charge is 2.40. The predicted octanol–water partition coefficient (Wildman–Crippen LogP) is 3.77. The van der Waals surface area contributed by atoms with Crippen molar-refractivity contribution in [3.8, 4) is 0 Å². The van der Waals surface area contributed by atoms with Gasteiger partial charge in [-0.1, -0.05) is 37.3 Å². The highest BCUT2D eigenvalue weighted by molar-refractivity contribution is 5.98. The van der Waals surface area contributed by atoms with Gasteiger partial charge in [-0.05, 0) is 43.5 Å². The summed E-state index contributed by atoms with van der Waals surface area (Å²) in [7, 11) is 1.51. The van der Waals surface area contributed by atoms with Crippen LogP contribution >= 0.6 is 12.4 Å². The Bertz CT molecular complexity index is 943. The van der Waals surface area contributed by atoms with Gasteiger partial charge in [0.1, 0.15) is 5.69 Å². The molecule has 1 fully saturated rings. The Kier molecular flexibility index (Phi) is 9.73. The van der Waals surface area contributed by atoms with Crippen molar-refractivity contribution in [2.24, 2.45) is 5.92 Å². The summed E-state index contributed by atoms with van der Waals surface area (Å²) in [6, 6.07) is 12.8. The summed E-state index contributed by atoms with van der Waals surface area (Å²) >= 11 is 0. The van der Waals surface area contributed by atoms with Crippen molar-refractivity contribution in [3.05, 3.63) is 65.0 Å². The number of hydrogen-bond acceptors (Lipinski definition) is 4. The summed E-state index contributed by atoms with van der Waals surface area (Å²) in [5.41, 5.74) is 2.11. The van der Waals surface area contributed by atoms with Crippen molar-refractivity contribution in [2.45, 2.75) is 38.0 Å². The van der Waals surface area contributed by atoms with Crippen LogP contribution in [-0.2, 0) is 0 Å². The number of nitrogens with zero attached hydrogens (tertiary/aromatic N) is 1. The second-order valence-electron chi connectivity index (χ2n) is 8.20. The summed E-state index contributed by atoms with van der Waals surface area (Å²) in [5.74, 6) is -4.22. The van der Waals surface area contributed by atoms with Crippen LogP contribution in [-0.4, -0.2) is 49.4 Å². The van der Waals surface area contributed by atoms with Crippen molar-refractivity contribution in [3.63, 3.8) is 0 Å². The molecule has 1 aromatic carbocycles. The number of pyridine rings is 1. The van der Waals surface area contributed by atoms with E-state index in [2.05, 4.69) is 20.9 Å². The van der Waals surface area contributed by atoms with Gasteiger partial charge in [0, 0.05) is 36.7 Å². The number of halogens is 3. The Labute approximate surface area is 199 Å². The second kappa shape index (κ2) is 12.0. The SMILES string of the molecule is CNC(=O)c1cc(C(=O)NCCC[C@H]2CCNCC2(F)F)cc([C@@H](C)c2ccccc2)n1.Cl. The lowest BCUT2D eigenvalue weighted by Crippen LogP contribution is -2.46. The number of amides is 2. The minimum Gasteiger partial charge on any atom is -0.354 e. The van der Waals surface area contributed by atoms with Gasteiger partial charge in [-0.3, -0.25) is 9.59 Å². The lowest BCUT2D eigenvalue weighted by Gasteiger charge is -2.31. The first-order valence-electron chi connectivity index (χ1n) is 11.0. The lowest BCUT2D eigenvalue weighted by molar-refractivity contribution is -0.0762. The van der Waals surface area contributed by atoms with E-state index in [4.69, 9.17) is 0 Å². The zero-order valence-corrected chi connectivity index (χ0v) is 19.7. The molecule has 2 amide bonds. The van der Waals surface area contributed by atoms with Crippen LogP contribution in [0.4, 0.5) is 8.78 Å². The fourth-order valence-corrected chi connectivity index (χ4v) is 3.96. The van der Waals surface area contributed by atoms with E-state index >= 15 is 0 Å². The van der Waals surface area contributed by atoms with Crippen LogP contribution in [0.15, 0.2) is 42.5 Å². The molecule has 3 N–H and O–H groups in total. The summed E-state index contributed by atoms with van der Waals surface area (Å²) in [6.45, 7) is 2.56. The van der Waals surface area contributed by atoms with Crippen molar-refractivity contribution in [2.75, 3.05) is 26.7 Å². The number of carbonyl (C=O) groups is 2. The van der Waals surface area contributed by atoms with Crippen molar-refractivity contribution >= 4 is 24.2 Å². The number of aromatic nitrogens is 1. The topological polar surface area (TPSA) is 83.1 Å². The number of nitrogens with one attached hydrogen (secondary N) is 3. The number of benzene rings is 1. The Balaban J connectivity index is 0.00000385. The molecule has 1 aliphatic heterocycles. The largest absolute Gasteiger partial charge is 0.354 e. The van der Waals surface area contributed by atoms with Gasteiger partial charge >= 0.3 is 0 Å². The van der Waals surface area contributed by atoms with Crippen molar-refractivity contribution in [1.82, 2.24) is 20.9 Å². The first kappa shape index (κ1) is 26.7. The highest BCUT2D eigenvalue weighted by Crippen LogP contribution is 2.32. The number of hydrogen-bond donors (Lipinski definition) is 3. The van der Waals surface area contributed by atoms with Crippen LogP contribution in [0.1, 0.15) is 64.2 Å². The smallest absolute Gasteiger partial charge is 0.269 e. The van der Waals surface area contributed by atoms with E-state index in [9.17, 15) is 18.4 Å². The van der Waals surface area contributed by atoms with Gasteiger partial charge in [0.2, 0.25) is 0 Å². The molecule has 1 aliphatic rings. The Morgan fingerprint density at radius 2 is 1.94 bits per heavy atom. The normalized spacial score (nSPS) is 18.0. The molecule has 180 valence electrons. The van der Waals surface area contributed by atoms with Crippen LogP contribution in [0.2, 0.25) is 0 Å². The maximum atomic E-state index is 13.9. The average Bonchev–Trinajstić information content (AvgIpc) is 2.81. The second-order valence-corrected chi connectivity index (χ2v) is 8.20. The van der Waals surface area contributed by atoms with E-state index < -0.39 is 11.8 Å². The van der Waals surface area contributed by atoms with E-state index in [1.165, 1.54) is 13.1 Å². The molecule has 2 aromatic rings. The van der Waals surface area contributed by atoms with E-state index in [0.717, 1.165) is 5.56 Å². The summed E-state index contributed by atoms with van der Waals surface area (Å²) in [4.78, 5) is 29.4. The van der Waals surface area contributed by atoms with Gasteiger partial charge in [-0.2, -0.15) is 0 Å².